The van der Waals surface area contributed by atoms with E-state index in [4.69, 9.17) is 9.47 Å². The number of hydrogen-bond acceptors (Lipinski definition) is 6. The summed E-state index contributed by atoms with van der Waals surface area (Å²) in [4.78, 5) is 27.7. The standard InChI is InChI=1S/C20H32N2O6/c1-17(25)19(9-5-3-6-10-19)27-15(23)21(17)13-14-22-16(24)28-20(18(22,2)26)11-7-4-8-12-20/h25-26H,3-14H2,1-2H3/t17-,18-/m1/s1. The zero-order chi connectivity index (χ0) is 20.2. The van der Waals surface area contributed by atoms with Crippen molar-refractivity contribution in [2.75, 3.05) is 13.1 Å². The summed E-state index contributed by atoms with van der Waals surface area (Å²) in [6.07, 6.45) is 7.19. The zero-order valence-electron chi connectivity index (χ0n) is 16.9. The molecule has 4 rings (SSSR count). The van der Waals surface area contributed by atoms with Crippen molar-refractivity contribution >= 4 is 12.2 Å². The van der Waals surface area contributed by atoms with Crippen LogP contribution in [0.3, 0.4) is 0 Å². The van der Waals surface area contributed by atoms with Crippen molar-refractivity contribution in [2.24, 2.45) is 0 Å². The molecule has 0 bridgehead atoms. The Bertz CT molecular complexity index is 593. The van der Waals surface area contributed by atoms with Gasteiger partial charge in [-0.1, -0.05) is 12.8 Å². The molecule has 2 atom stereocenters. The highest BCUT2D eigenvalue weighted by Crippen LogP contribution is 2.48. The maximum absolute atomic E-state index is 12.6. The van der Waals surface area contributed by atoms with E-state index in [1.54, 1.807) is 13.8 Å². The van der Waals surface area contributed by atoms with Crippen molar-refractivity contribution < 1.29 is 29.3 Å². The average molecular weight is 396 g/mol. The second-order valence-electron chi connectivity index (χ2n) is 9.19. The molecule has 0 aromatic heterocycles. The van der Waals surface area contributed by atoms with Crippen LogP contribution >= 0.6 is 0 Å². The van der Waals surface area contributed by atoms with E-state index < -0.39 is 34.8 Å². The fraction of sp³-hybridized carbons (Fsp3) is 0.900. The van der Waals surface area contributed by atoms with Gasteiger partial charge in [-0.05, 0) is 65.2 Å². The number of nitrogens with zero attached hydrogens (tertiary/aromatic N) is 2. The Kier molecular flexibility index (Phi) is 4.58. The Morgan fingerprint density at radius 1 is 0.714 bits per heavy atom. The molecule has 0 unspecified atom stereocenters. The average Bonchev–Trinajstić information content (AvgIpc) is 2.93. The molecule has 2 amide bonds. The van der Waals surface area contributed by atoms with E-state index in [0.29, 0.717) is 25.7 Å². The van der Waals surface area contributed by atoms with Gasteiger partial charge in [0.05, 0.1) is 0 Å². The molecular formula is C20H32N2O6. The van der Waals surface area contributed by atoms with Gasteiger partial charge in [0.2, 0.25) is 0 Å². The molecule has 2 heterocycles. The van der Waals surface area contributed by atoms with Crippen LogP contribution in [0.1, 0.15) is 78.1 Å². The van der Waals surface area contributed by atoms with Gasteiger partial charge < -0.3 is 19.7 Å². The topological polar surface area (TPSA) is 99.5 Å². The van der Waals surface area contributed by atoms with Gasteiger partial charge in [0, 0.05) is 13.1 Å². The molecule has 2 N–H and O–H groups in total. The summed E-state index contributed by atoms with van der Waals surface area (Å²) in [5, 5.41) is 22.4. The lowest BCUT2D eigenvalue weighted by Gasteiger charge is -2.43. The van der Waals surface area contributed by atoms with Crippen LogP contribution in [-0.2, 0) is 9.47 Å². The molecule has 2 saturated carbocycles. The predicted molar refractivity (Wildman–Crippen MR) is 99.3 cm³/mol. The van der Waals surface area contributed by atoms with E-state index in [2.05, 4.69) is 0 Å². The molecule has 4 fully saturated rings. The first-order valence-corrected chi connectivity index (χ1v) is 10.6. The number of carbonyl (C=O) groups excluding carboxylic acids is 2. The largest absolute Gasteiger partial charge is 0.438 e. The van der Waals surface area contributed by atoms with E-state index in [9.17, 15) is 19.8 Å². The van der Waals surface area contributed by atoms with E-state index in [-0.39, 0.29) is 13.1 Å². The fourth-order valence-electron chi connectivity index (χ4n) is 5.70. The minimum Gasteiger partial charge on any atom is -0.438 e. The summed E-state index contributed by atoms with van der Waals surface area (Å²) in [5.41, 5.74) is -4.66. The van der Waals surface area contributed by atoms with Crippen LogP contribution < -0.4 is 0 Å². The molecule has 28 heavy (non-hydrogen) atoms. The summed E-state index contributed by atoms with van der Waals surface area (Å²) in [6.45, 7) is 3.39. The second-order valence-corrected chi connectivity index (χ2v) is 9.19. The number of ether oxygens (including phenoxy) is 2. The lowest BCUT2D eigenvalue weighted by molar-refractivity contribution is -0.169. The minimum atomic E-state index is -1.44. The zero-order valence-corrected chi connectivity index (χ0v) is 16.9. The number of hydrogen-bond donors (Lipinski definition) is 2. The minimum absolute atomic E-state index is 0.0783. The molecule has 0 aromatic rings. The Labute approximate surface area is 165 Å². The Morgan fingerprint density at radius 2 is 1.04 bits per heavy atom. The Balaban J connectivity index is 1.49. The van der Waals surface area contributed by atoms with Gasteiger partial charge in [0.15, 0.2) is 22.7 Å². The molecule has 8 nitrogen and oxygen atoms in total. The van der Waals surface area contributed by atoms with Crippen molar-refractivity contribution in [1.29, 1.82) is 0 Å². The molecule has 4 aliphatic rings. The highest BCUT2D eigenvalue weighted by Gasteiger charge is 2.64. The monoisotopic (exact) mass is 396 g/mol. The lowest BCUT2D eigenvalue weighted by atomic mass is 9.77. The van der Waals surface area contributed by atoms with Crippen molar-refractivity contribution in [1.82, 2.24) is 9.80 Å². The Hall–Kier alpha value is -1.54. The van der Waals surface area contributed by atoms with Gasteiger partial charge in [-0.25, -0.2) is 9.59 Å². The van der Waals surface area contributed by atoms with Crippen LogP contribution in [0, 0.1) is 0 Å². The summed E-state index contributed by atoms with van der Waals surface area (Å²) >= 11 is 0. The van der Waals surface area contributed by atoms with Gasteiger partial charge in [-0.2, -0.15) is 0 Å². The molecular weight excluding hydrogens is 364 g/mol. The summed E-state index contributed by atoms with van der Waals surface area (Å²) in [7, 11) is 0. The predicted octanol–water partition coefficient (Wildman–Crippen LogP) is 2.71. The highest BCUT2D eigenvalue weighted by molar-refractivity contribution is 5.74. The van der Waals surface area contributed by atoms with Crippen LogP contribution in [0.4, 0.5) is 9.59 Å². The van der Waals surface area contributed by atoms with Crippen molar-refractivity contribution in [3.05, 3.63) is 0 Å². The third-order valence-corrected chi connectivity index (χ3v) is 7.65. The molecule has 2 spiro atoms. The van der Waals surface area contributed by atoms with Crippen molar-refractivity contribution in [2.45, 2.75) is 101 Å². The van der Waals surface area contributed by atoms with Crippen molar-refractivity contribution in [3.8, 4) is 0 Å². The number of carbonyl (C=O) groups is 2. The first-order valence-electron chi connectivity index (χ1n) is 10.6. The fourth-order valence-corrected chi connectivity index (χ4v) is 5.70. The molecule has 2 aliphatic carbocycles. The van der Waals surface area contributed by atoms with E-state index >= 15 is 0 Å². The van der Waals surface area contributed by atoms with Crippen LogP contribution in [0.15, 0.2) is 0 Å². The quantitative estimate of drug-likeness (QED) is 0.761. The third kappa shape index (κ3) is 2.64. The maximum atomic E-state index is 12.6. The SMILES string of the molecule is C[C@]1(O)N(CCN2C(=O)OC3(CCCCC3)[C@@]2(C)O)C(=O)OC12CCCCC2. The number of amides is 2. The highest BCUT2D eigenvalue weighted by atomic mass is 16.6. The van der Waals surface area contributed by atoms with E-state index in [1.165, 1.54) is 9.80 Å². The van der Waals surface area contributed by atoms with E-state index in [1.807, 2.05) is 0 Å². The third-order valence-electron chi connectivity index (χ3n) is 7.65. The molecule has 158 valence electrons. The van der Waals surface area contributed by atoms with Gasteiger partial charge >= 0.3 is 12.2 Å². The van der Waals surface area contributed by atoms with Gasteiger partial charge in [-0.15, -0.1) is 0 Å². The first kappa shape index (κ1) is 19.8. The first-order chi connectivity index (χ1) is 13.2. The van der Waals surface area contributed by atoms with Crippen LogP contribution in [0.5, 0.6) is 0 Å². The van der Waals surface area contributed by atoms with Gasteiger partial charge in [0.25, 0.3) is 0 Å². The second kappa shape index (κ2) is 6.49. The summed E-state index contributed by atoms with van der Waals surface area (Å²) in [6, 6.07) is 0. The molecule has 8 heteroatoms. The van der Waals surface area contributed by atoms with Crippen LogP contribution in [-0.4, -0.2) is 67.9 Å². The number of rotatable bonds is 3. The Morgan fingerprint density at radius 3 is 1.36 bits per heavy atom. The van der Waals surface area contributed by atoms with Gasteiger partial charge in [0.1, 0.15) is 0 Å². The number of aliphatic hydroxyl groups is 2. The maximum Gasteiger partial charge on any atom is 0.412 e. The van der Waals surface area contributed by atoms with Crippen molar-refractivity contribution in [3.63, 3.8) is 0 Å². The smallest absolute Gasteiger partial charge is 0.412 e. The molecule has 0 aromatic carbocycles. The molecule has 2 aliphatic heterocycles. The summed E-state index contributed by atoms with van der Waals surface area (Å²) in [5.74, 6) is 0. The van der Waals surface area contributed by atoms with Gasteiger partial charge in [-0.3, -0.25) is 9.80 Å². The van der Waals surface area contributed by atoms with Crippen LogP contribution in [0.2, 0.25) is 0 Å². The lowest BCUT2D eigenvalue weighted by Crippen LogP contribution is -2.61. The molecule has 0 radical (unpaired) electrons. The van der Waals surface area contributed by atoms with E-state index in [0.717, 1.165) is 38.5 Å². The normalized spacial score (nSPS) is 36.9. The van der Waals surface area contributed by atoms with Crippen LogP contribution in [0.25, 0.3) is 0 Å². The molecule has 2 saturated heterocycles. The summed E-state index contributed by atoms with van der Waals surface area (Å²) < 4.78 is 11.3.